The molecule has 23 heavy (non-hydrogen) atoms. The molecule has 0 atom stereocenters. The van der Waals surface area contributed by atoms with E-state index < -0.39 is 0 Å². The van der Waals surface area contributed by atoms with Gasteiger partial charge in [-0.15, -0.1) is 11.3 Å². The van der Waals surface area contributed by atoms with E-state index in [-0.39, 0.29) is 0 Å². The van der Waals surface area contributed by atoms with Crippen LogP contribution in [0.25, 0.3) is 10.4 Å². The van der Waals surface area contributed by atoms with Gasteiger partial charge in [-0.05, 0) is 54.7 Å². The van der Waals surface area contributed by atoms with Crippen molar-refractivity contribution in [2.45, 2.75) is 13.8 Å². The summed E-state index contributed by atoms with van der Waals surface area (Å²) in [5.41, 5.74) is 5.60. The number of rotatable bonds is 3. The summed E-state index contributed by atoms with van der Waals surface area (Å²) in [6.07, 6.45) is 0. The highest BCUT2D eigenvalue weighted by Gasteiger charge is 2.08. The Morgan fingerprint density at radius 1 is 0.870 bits per heavy atom. The molecule has 0 aliphatic carbocycles. The number of anilines is 2. The number of hydrogen-bond donors (Lipinski definition) is 2. The number of hydrogen-bond acceptors (Lipinski definition) is 2. The zero-order valence-electron chi connectivity index (χ0n) is 13.1. The van der Waals surface area contributed by atoms with Gasteiger partial charge in [0.1, 0.15) is 0 Å². The maximum Gasteiger partial charge on any atom is 0.175 e. The van der Waals surface area contributed by atoms with E-state index in [2.05, 4.69) is 66.3 Å². The second kappa shape index (κ2) is 6.94. The summed E-state index contributed by atoms with van der Waals surface area (Å²) in [4.78, 5) is 1.22. The third-order valence-electron chi connectivity index (χ3n) is 3.68. The van der Waals surface area contributed by atoms with E-state index in [1.54, 1.807) is 11.3 Å². The summed E-state index contributed by atoms with van der Waals surface area (Å²) in [5.74, 6) is 0. The Labute approximate surface area is 146 Å². The molecule has 1 heterocycles. The highest BCUT2D eigenvalue weighted by molar-refractivity contribution is 7.80. The van der Waals surface area contributed by atoms with Crippen molar-refractivity contribution in [1.29, 1.82) is 0 Å². The average Bonchev–Trinajstić information content (AvgIpc) is 3.06. The third-order valence-corrected chi connectivity index (χ3v) is 4.79. The molecular weight excluding hydrogens is 320 g/mol. The quantitative estimate of drug-likeness (QED) is 0.587. The predicted molar refractivity (Wildman–Crippen MR) is 106 cm³/mol. The molecule has 2 aromatic carbocycles. The third kappa shape index (κ3) is 3.60. The van der Waals surface area contributed by atoms with Gasteiger partial charge in [-0.2, -0.15) is 0 Å². The van der Waals surface area contributed by atoms with Crippen LogP contribution in [0.5, 0.6) is 0 Å². The average molecular weight is 339 g/mol. The van der Waals surface area contributed by atoms with Crippen LogP contribution in [-0.4, -0.2) is 5.11 Å². The minimum Gasteiger partial charge on any atom is -0.332 e. The van der Waals surface area contributed by atoms with Crippen molar-refractivity contribution in [1.82, 2.24) is 0 Å². The largest absolute Gasteiger partial charge is 0.332 e. The van der Waals surface area contributed by atoms with Crippen molar-refractivity contribution in [3.8, 4) is 10.4 Å². The summed E-state index contributed by atoms with van der Waals surface area (Å²) < 4.78 is 0. The van der Waals surface area contributed by atoms with Gasteiger partial charge in [0, 0.05) is 21.8 Å². The van der Waals surface area contributed by atoms with E-state index in [0.717, 1.165) is 16.9 Å². The van der Waals surface area contributed by atoms with Crippen LogP contribution >= 0.6 is 23.6 Å². The molecule has 3 aromatic rings. The van der Waals surface area contributed by atoms with Crippen molar-refractivity contribution < 1.29 is 0 Å². The van der Waals surface area contributed by atoms with Crippen LogP contribution in [0.3, 0.4) is 0 Å². The topological polar surface area (TPSA) is 24.1 Å². The van der Waals surface area contributed by atoms with Crippen LogP contribution in [0.1, 0.15) is 11.1 Å². The van der Waals surface area contributed by atoms with Gasteiger partial charge in [-0.25, -0.2) is 0 Å². The van der Waals surface area contributed by atoms with Crippen LogP contribution in [0, 0.1) is 13.8 Å². The van der Waals surface area contributed by atoms with E-state index in [1.165, 1.54) is 16.0 Å². The van der Waals surface area contributed by atoms with Gasteiger partial charge in [0.2, 0.25) is 0 Å². The van der Waals surface area contributed by atoms with Crippen molar-refractivity contribution in [2.75, 3.05) is 10.6 Å². The normalized spacial score (nSPS) is 10.3. The number of para-hydroxylation sites is 2. The second-order valence-corrected chi connectivity index (χ2v) is 6.72. The summed E-state index contributed by atoms with van der Waals surface area (Å²) in [6.45, 7) is 4.16. The van der Waals surface area contributed by atoms with Crippen LogP contribution < -0.4 is 10.6 Å². The molecule has 2 N–H and O–H groups in total. The zero-order chi connectivity index (χ0) is 16.2. The van der Waals surface area contributed by atoms with Crippen LogP contribution in [0.15, 0.2) is 60.0 Å². The minimum atomic E-state index is 0.603. The molecule has 3 rings (SSSR count). The number of thiophene rings is 1. The molecule has 0 radical (unpaired) electrons. The zero-order valence-corrected chi connectivity index (χ0v) is 14.7. The smallest absolute Gasteiger partial charge is 0.175 e. The molecule has 0 saturated heterocycles. The molecular formula is C19H18N2S2. The van der Waals surface area contributed by atoms with Crippen LogP contribution in [-0.2, 0) is 0 Å². The molecule has 0 saturated carbocycles. The van der Waals surface area contributed by atoms with E-state index in [4.69, 9.17) is 12.2 Å². The first-order valence-corrected chi connectivity index (χ1v) is 8.71. The molecule has 116 valence electrons. The molecule has 2 nitrogen and oxygen atoms in total. The lowest BCUT2D eigenvalue weighted by Crippen LogP contribution is -2.20. The number of aryl methyl sites for hydroxylation is 2. The number of benzene rings is 2. The Hall–Kier alpha value is -2.17. The van der Waals surface area contributed by atoms with E-state index in [0.29, 0.717) is 5.11 Å². The monoisotopic (exact) mass is 338 g/mol. The Morgan fingerprint density at radius 2 is 1.61 bits per heavy atom. The maximum absolute atomic E-state index is 5.51. The fourth-order valence-corrected chi connectivity index (χ4v) is 3.50. The lowest BCUT2D eigenvalue weighted by Gasteiger charge is -2.16. The van der Waals surface area contributed by atoms with Gasteiger partial charge in [0.15, 0.2) is 5.11 Å². The van der Waals surface area contributed by atoms with Gasteiger partial charge in [0.25, 0.3) is 0 Å². The van der Waals surface area contributed by atoms with Gasteiger partial charge >= 0.3 is 0 Å². The molecule has 1 aromatic heterocycles. The van der Waals surface area contributed by atoms with Gasteiger partial charge in [0.05, 0.1) is 0 Å². The lowest BCUT2D eigenvalue weighted by atomic mass is 10.1. The van der Waals surface area contributed by atoms with Gasteiger partial charge in [-0.1, -0.05) is 42.5 Å². The van der Waals surface area contributed by atoms with Crippen molar-refractivity contribution in [3.05, 3.63) is 71.1 Å². The van der Waals surface area contributed by atoms with Crippen LogP contribution in [0.4, 0.5) is 11.4 Å². The SMILES string of the molecule is Cc1cccc(C)c1NC(=S)Nc1ccccc1-c1cccs1. The number of thiocarbonyl (C=S) groups is 1. The summed E-state index contributed by atoms with van der Waals surface area (Å²) in [5, 5.41) is 9.34. The Morgan fingerprint density at radius 3 is 2.30 bits per heavy atom. The molecule has 0 aliphatic rings. The summed E-state index contributed by atoms with van der Waals surface area (Å²) in [7, 11) is 0. The van der Waals surface area contributed by atoms with Crippen molar-refractivity contribution >= 4 is 40.0 Å². The van der Waals surface area contributed by atoms with E-state index >= 15 is 0 Å². The van der Waals surface area contributed by atoms with E-state index in [1.807, 2.05) is 18.2 Å². The predicted octanol–water partition coefficient (Wildman–Crippen LogP) is 5.84. The Kier molecular flexibility index (Phi) is 4.74. The molecule has 0 amide bonds. The lowest BCUT2D eigenvalue weighted by molar-refractivity contribution is 1.38. The fraction of sp³-hybridized carbons (Fsp3) is 0.105. The Balaban J connectivity index is 1.82. The first-order chi connectivity index (χ1) is 11.1. The highest BCUT2D eigenvalue weighted by atomic mass is 32.1. The molecule has 0 unspecified atom stereocenters. The first kappa shape index (κ1) is 15.7. The fourth-order valence-electron chi connectivity index (χ4n) is 2.52. The molecule has 0 bridgehead atoms. The molecule has 0 aliphatic heterocycles. The molecule has 0 spiro atoms. The Bertz CT molecular complexity index is 803. The summed E-state index contributed by atoms with van der Waals surface area (Å²) in [6, 6.07) is 18.6. The molecule has 0 fully saturated rings. The van der Waals surface area contributed by atoms with Gasteiger partial charge in [-0.3, -0.25) is 0 Å². The highest BCUT2D eigenvalue weighted by Crippen LogP contribution is 2.31. The summed E-state index contributed by atoms with van der Waals surface area (Å²) >= 11 is 7.23. The van der Waals surface area contributed by atoms with Crippen molar-refractivity contribution in [3.63, 3.8) is 0 Å². The maximum atomic E-state index is 5.51. The van der Waals surface area contributed by atoms with Crippen molar-refractivity contribution in [2.24, 2.45) is 0 Å². The minimum absolute atomic E-state index is 0.603. The molecule has 4 heteroatoms. The van der Waals surface area contributed by atoms with Gasteiger partial charge < -0.3 is 10.6 Å². The second-order valence-electron chi connectivity index (χ2n) is 5.37. The van der Waals surface area contributed by atoms with Crippen LogP contribution in [0.2, 0.25) is 0 Å². The standard InChI is InChI=1S/C19H18N2S2/c1-13-7-5-8-14(2)18(13)21-19(22)20-16-10-4-3-9-15(16)17-11-6-12-23-17/h3-12H,1-2H3,(H2,20,21,22). The number of nitrogens with one attached hydrogen (secondary N) is 2. The first-order valence-electron chi connectivity index (χ1n) is 7.42. The van der Waals surface area contributed by atoms with E-state index in [9.17, 15) is 0 Å².